The number of aromatic nitrogens is 2. The zero-order valence-corrected chi connectivity index (χ0v) is 11.3. The molecule has 0 aliphatic rings. The Kier molecular flexibility index (Phi) is 2.62. The van der Waals surface area contributed by atoms with Gasteiger partial charge in [-0.3, -0.25) is 4.40 Å². The van der Waals surface area contributed by atoms with E-state index in [0.717, 1.165) is 16.2 Å². The second-order valence-electron chi connectivity index (χ2n) is 3.78. The van der Waals surface area contributed by atoms with E-state index in [-0.39, 0.29) is 0 Å². The zero-order chi connectivity index (χ0) is 12.0. The zero-order valence-electron chi connectivity index (χ0n) is 8.95. The van der Waals surface area contributed by atoms with Gasteiger partial charge in [0.1, 0.15) is 0 Å². The molecule has 0 fully saturated rings. The van der Waals surface area contributed by atoms with Crippen molar-refractivity contribution in [3.05, 3.63) is 45.5 Å². The lowest BCUT2D eigenvalue weighted by Crippen LogP contribution is -1.80. The van der Waals surface area contributed by atoms with Gasteiger partial charge in [0.15, 0.2) is 4.96 Å². The van der Waals surface area contributed by atoms with Gasteiger partial charge in [0.2, 0.25) is 0 Å². The highest BCUT2D eigenvalue weighted by Gasteiger charge is 2.10. The first-order chi connectivity index (χ1) is 8.15. The highest BCUT2D eigenvalue weighted by molar-refractivity contribution is 7.15. The molecule has 0 radical (unpaired) electrons. The van der Waals surface area contributed by atoms with Gasteiger partial charge < -0.3 is 0 Å². The van der Waals surface area contributed by atoms with Crippen LogP contribution in [0.25, 0.3) is 16.2 Å². The lowest BCUT2D eigenvalue weighted by atomic mass is 10.2. The summed E-state index contributed by atoms with van der Waals surface area (Å²) >= 11 is 13.7. The molecule has 3 aromatic rings. The topological polar surface area (TPSA) is 17.3 Å². The molecular weight excluding hydrogens is 275 g/mol. The Bertz CT molecular complexity index is 700. The largest absolute Gasteiger partial charge is 0.294 e. The molecule has 0 saturated carbocycles. The number of hydrogen-bond acceptors (Lipinski definition) is 2. The molecule has 1 aromatic carbocycles. The maximum Gasteiger partial charge on any atom is 0.194 e. The van der Waals surface area contributed by atoms with Crippen molar-refractivity contribution in [2.24, 2.45) is 0 Å². The highest BCUT2D eigenvalue weighted by atomic mass is 35.5. The fourth-order valence-electron chi connectivity index (χ4n) is 1.72. The Morgan fingerprint density at radius 3 is 2.82 bits per heavy atom. The number of halogens is 2. The van der Waals surface area contributed by atoms with Crippen molar-refractivity contribution in [3.63, 3.8) is 0 Å². The van der Waals surface area contributed by atoms with Crippen molar-refractivity contribution in [2.45, 2.75) is 6.92 Å². The summed E-state index contributed by atoms with van der Waals surface area (Å²) in [5, 5.41) is 3.34. The summed E-state index contributed by atoms with van der Waals surface area (Å²) in [6, 6.07) is 5.45. The molecule has 0 aliphatic carbocycles. The lowest BCUT2D eigenvalue weighted by Gasteiger charge is -2.00. The first kappa shape index (κ1) is 11.1. The number of imidazole rings is 1. The smallest absolute Gasteiger partial charge is 0.194 e. The minimum absolute atomic E-state index is 0.626. The van der Waals surface area contributed by atoms with Crippen molar-refractivity contribution in [1.82, 2.24) is 9.38 Å². The summed E-state index contributed by atoms with van der Waals surface area (Å²) in [6.07, 6.45) is 2.00. The highest BCUT2D eigenvalue weighted by Crippen LogP contribution is 2.31. The van der Waals surface area contributed by atoms with Crippen molar-refractivity contribution in [3.8, 4) is 11.3 Å². The van der Waals surface area contributed by atoms with Crippen LogP contribution in [0.3, 0.4) is 0 Å². The lowest BCUT2D eigenvalue weighted by molar-refractivity contribution is 1.13. The number of aryl methyl sites for hydroxylation is 1. The molecule has 3 rings (SSSR count). The van der Waals surface area contributed by atoms with E-state index in [1.54, 1.807) is 17.4 Å². The van der Waals surface area contributed by atoms with Crippen LogP contribution >= 0.6 is 34.5 Å². The molecule has 0 saturated heterocycles. The molecule has 2 nitrogen and oxygen atoms in total. The third kappa shape index (κ3) is 1.84. The normalized spacial score (nSPS) is 11.2. The summed E-state index contributed by atoms with van der Waals surface area (Å²) in [5.41, 5.74) is 2.96. The predicted octanol–water partition coefficient (Wildman–Crippen LogP) is 4.68. The molecule has 2 heterocycles. The monoisotopic (exact) mass is 282 g/mol. The average molecular weight is 283 g/mol. The fraction of sp³-hybridized carbons (Fsp3) is 0.0833. The van der Waals surface area contributed by atoms with E-state index >= 15 is 0 Å². The molecule has 2 aromatic heterocycles. The molecule has 0 bridgehead atoms. The maximum absolute atomic E-state index is 6.17. The van der Waals surface area contributed by atoms with Crippen LogP contribution < -0.4 is 0 Å². The summed E-state index contributed by atoms with van der Waals surface area (Å²) < 4.78 is 2.06. The van der Waals surface area contributed by atoms with Gasteiger partial charge in [-0.05, 0) is 25.1 Å². The summed E-state index contributed by atoms with van der Waals surface area (Å²) in [4.78, 5) is 5.52. The van der Waals surface area contributed by atoms with Crippen molar-refractivity contribution >= 4 is 39.5 Å². The van der Waals surface area contributed by atoms with Crippen molar-refractivity contribution < 1.29 is 0 Å². The summed E-state index contributed by atoms with van der Waals surface area (Å²) in [6.45, 7) is 2.05. The van der Waals surface area contributed by atoms with Crippen LogP contribution in [-0.4, -0.2) is 9.38 Å². The molecule has 0 atom stereocenters. The second-order valence-corrected chi connectivity index (χ2v) is 5.46. The van der Waals surface area contributed by atoms with Crippen LogP contribution in [0.1, 0.15) is 5.69 Å². The van der Waals surface area contributed by atoms with Crippen LogP contribution in [0.15, 0.2) is 29.8 Å². The Balaban J connectivity index is 2.20. The molecule has 0 amide bonds. The number of hydrogen-bond donors (Lipinski definition) is 0. The van der Waals surface area contributed by atoms with E-state index < -0.39 is 0 Å². The van der Waals surface area contributed by atoms with E-state index in [4.69, 9.17) is 23.2 Å². The maximum atomic E-state index is 6.17. The summed E-state index contributed by atoms with van der Waals surface area (Å²) in [7, 11) is 0. The second kappa shape index (κ2) is 4.02. The minimum Gasteiger partial charge on any atom is -0.294 e. The van der Waals surface area contributed by atoms with Crippen LogP contribution in [0.2, 0.25) is 10.0 Å². The van der Waals surface area contributed by atoms with Gasteiger partial charge in [0.25, 0.3) is 0 Å². The van der Waals surface area contributed by atoms with Gasteiger partial charge in [-0.1, -0.05) is 23.2 Å². The van der Waals surface area contributed by atoms with Gasteiger partial charge >= 0.3 is 0 Å². The number of thiazole rings is 1. The summed E-state index contributed by atoms with van der Waals surface area (Å²) in [5.74, 6) is 0. The van der Waals surface area contributed by atoms with Gasteiger partial charge in [-0.15, -0.1) is 11.3 Å². The standard InChI is InChI=1S/C12H8Cl2N2S/c1-7-6-17-12-15-11(5-16(7)12)9-3-2-8(13)4-10(9)14/h2-6H,1H3. The molecule has 86 valence electrons. The molecule has 0 spiro atoms. The van der Waals surface area contributed by atoms with Gasteiger partial charge in [0.05, 0.1) is 10.7 Å². The Hall–Kier alpha value is -1.03. The van der Waals surface area contributed by atoms with Crippen LogP contribution in [0.4, 0.5) is 0 Å². The van der Waals surface area contributed by atoms with Gasteiger partial charge in [0, 0.05) is 27.9 Å². The minimum atomic E-state index is 0.626. The molecule has 0 aliphatic heterocycles. The number of rotatable bonds is 1. The third-order valence-corrected chi connectivity index (χ3v) is 4.10. The Morgan fingerprint density at radius 1 is 1.29 bits per heavy atom. The number of nitrogens with zero attached hydrogens (tertiary/aromatic N) is 2. The van der Waals surface area contributed by atoms with Gasteiger partial charge in [-0.2, -0.15) is 0 Å². The van der Waals surface area contributed by atoms with Crippen LogP contribution in [0, 0.1) is 6.92 Å². The first-order valence-corrected chi connectivity index (χ1v) is 6.67. The van der Waals surface area contributed by atoms with E-state index in [1.165, 1.54) is 5.69 Å². The van der Waals surface area contributed by atoms with Gasteiger partial charge in [-0.25, -0.2) is 4.98 Å². The quantitative estimate of drug-likeness (QED) is 0.634. The molecule has 17 heavy (non-hydrogen) atoms. The van der Waals surface area contributed by atoms with E-state index in [1.807, 2.05) is 18.3 Å². The van der Waals surface area contributed by atoms with E-state index in [2.05, 4.69) is 21.7 Å². The van der Waals surface area contributed by atoms with Crippen molar-refractivity contribution in [2.75, 3.05) is 0 Å². The van der Waals surface area contributed by atoms with Crippen LogP contribution in [-0.2, 0) is 0 Å². The van der Waals surface area contributed by atoms with Crippen molar-refractivity contribution in [1.29, 1.82) is 0 Å². The van der Waals surface area contributed by atoms with E-state index in [0.29, 0.717) is 10.0 Å². The van der Waals surface area contributed by atoms with E-state index in [9.17, 15) is 0 Å². The average Bonchev–Trinajstić information content (AvgIpc) is 2.81. The number of fused-ring (bicyclic) bond motifs is 1. The fourth-order valence-corrected chi connectivity index (χ4v) is 3.08. The first-order valence-electron chi connectivity index (χ1n) is 5.04. The Morgan fingerprint density at radius 2 is 2.12 bits per heavy atom. The molecule has 0 unspecified atom stereocenters. The molecule has 5 heteroatoms. The van der Waals surface area contributed by atoms with Crippen LogP contribution in [0.5, 0.6) is 0 Å². The SMILES string of the molecule is Cc1csc2nc(-c3ccc(Cl)cc3Cl)cn12. The molecule has 0 N–H and O–H groups in total. The third-order valence-electron chi connectivity index (χ3n) is 2.60. The Labute approximate surface area is 112 Å². The predicted molar refractivity (Wildman–Crippen MR) is 73.3 cm³/mol. The molecular formula is C12H8Cl2N2S. The number of benzene rings is 1.